The van der Waals surface area contributed by atoms with E-state index in [1.807, 2.05) is 13.0 Å². The number of thioether (sulfide) groups is 1. The molecule has 0 aliphatic carbocycles. The number of fused-ring (bicyclic) bond motifs is 1. The van der Waals surface area contributed by atoms with Crippen molar-refractivity contribution in [2.75, 3.05) is 11.1 Å². The highest BCUT2D eigenvalue weighted by Crippen LogP contribution is 2.20. The first-order chi connectivity index (χ1) is 10.2. The summed E-state index contributed by atoms with van der Waals surface area (Å²) < 4.78 is 4.65. The lowest BCUT2D eigenvalue weighted by Crippen LogP contribution is -2.14. The first kappa shape index (κ1) is 13.5. The van der Waals surface area contributed by atoms with Crippen molar-refractivity contribution in [3.8, 4) is 0 Å². The Bertz CT molecular complexity index is 789. The topological polar surface area (TPSA) is 93.8 Å². The number of anilines is 1. The summed E-state index contributed by atoms with van der Waals surface area (Å²) in [6, 6.07) is 7.09. The number of rotatable bonds is 4. The third-order valence-electron chi connectivity index (χ3n) is 2.67. The van der Waals surface area contributed by atoms with Crippen molar-refractivity contribution < 1.29 is 9.42 Å². The minimum Gasteiger partial charge on any atom is -0.323 e. The average Bonchev–Trinajstić information content (AvgIpc) is 2.95. The molecule has 0 radical (unpaired) electrons. The van der Waals surface area contributed by atoms with Crippen LogP contribution in [0.3, 0.4) is 0 Å². The average molecular weight is 301 g/mol. The predicted octanol–water partition coefficient (Wildman–Crippen LogP) is 2.05. The molecule has 0 unspecified atom stereocenters. The molecular formula is C13H11N5O2S. The molecule has 106 valence electrons. The molecule has 1 aromatic carbocycles. The minimum absolute atomic E-state index is 0.166. The van der Waals surface area contributed by atoms with Crippen molar-refractivity contribution >= 4 is 34.4 Å². The molecule has 0 bridgehead atoms. The van der Waals surface area contributed by atoms with Crippen LogP contribution in [-0.4, -0.2) is 31.9 Å². The number of carbonyl (C=O) groups excluding carboxylic acids is 1. The minimum atomic E-state index is -0.166. The van der Waals surface area contributed by atoms with Gasteiger partial charge in [0.1, 0.15) is 5.52 Å². The van der Waals surface area contributed by atoms with Gasteiger partial charge in [-0.2, -0.15) is 0 Å². The van der Waals surface area contributed by atoms with Crippen LogP contribution in [0.15, 0.2) is 40.2 Å². The van der Waals surface area contributed by atoms with Gasteiger partial charge in [-0.1, -0.05) is 17.8 Å². The molecule has 8 heteroatoms. The van der Waals surface area contributed by atoms with Gasteiger partial charge in [0.05, 0.1) is 11.4 Å². The summed E-state index contributed by atoms with van der Waals surface area (Å²) >= 11 is 1.28. The van der Waals surface area contributed by atoms with Crippen LogP contribution in [0.25, 0.3) is 11.0 Å². The molecule has 0 spiro atoms. The second-order valence-corrected chi connectivity index (χ2v) is 5.20. The second kappa shape index (κ2) is 5.88. The van der Waals surface area contributed by atoms with E-state index in [0.29, 0.717) is 21.9 Å². The summed E-state index contributed by atoms with van der Waals surface area (Å²) in [5.74, 6) is 0.0473. The molecule has 0 saturated carbocycles. The molecule has 0 aliphatic rings. The number of amides is 1. The molecule has 7 nitrogen and oxygen atoms in total. The van der Waals surface area contributed by atoms with Crippen molar-refractivity contribution in [3.05, 3.63) is 36.2 Å². The van der Waals surface area contributed by atoms with E-state index in [-0.39, 0.29) is 11.7 Å². The second-order valence-electron chi connectivity index (χ2n) is 4.25. The largest absolute Gasteiger partial charge is 0.323 e. The van der Waals surface area contributed by atoms with E-state index < -0.39 is 0 Å². The highest BCUT2D eigenvalue weighted by molar-refractivity contribution is 7.99. The number of benzene rings is 1. The molecule has 21 heavy (non-hydrogen) atoms. The highest BCUT2D eigenvalue weighted by Gasteiger charge is 2.10. The summed E-state index contributed by atoms with van der Waals surface area (Å²) in [4.78, 5) is 20.3. The fraction of sp³-hybridized carbons (Fsp3) is 0.154. The van der Waals surface area contributed by atoms with Crippen LogP contribution in [-0.2, 0) is 4.79 Å². The molecule has 0 atom stereocenters. The van der Waals surface area contributed by atoms with Crippen LogP contribution in [0, 0.1) is 6.92 Å². The standard InChI is InChI=1S/C13H11N5O2S/c1-8-5-6-14-13(15-8)21-7-11(19)16-9-3-2-4-10-12(9)18-20-17-10/h2-6H,7H2,1H3,(H,16,19). The third kappa shape index (κ3) is 3.16. The van der Waals surface area contributed by atoms with Crippen LogP contribution in [0.4, 0.5) is 5.69 Å². The van der Waals surface area contributed by atoms with Gasteiger partial charge in [-0.3, -0.25) is 4.79 Å². The number of aryl methyl sites for hydroxylation is 1. The zero-order chi connectivity index (χ0) is 14.7. The molecular weight excluding hydrogens is 290 g/mol. The fourth-order valence-electron chi connectivity index (χ4n) is 1.72. The summed E-state index contributed by atoms with van der Waals surface area (Å²) in [7, 11) is 0. The number of hydrogen-bond donors (Lipinski definition) is 1. The van der Waals surface area contributed by atoms with Gasteiger partial charge in [0.15, 0.2) is 10.7 Å². The SMILES string of the molecule is Cc1ccnc(SCC(=O)Nc2cccc3nonc23)n1. The monoisotopic (exact) mass is 301 g/mol. The first-order valence-electron chi connectivity index (χ1n) is 6.16. The number of nitrogens with zero attached hydrogens (tertiary/aromatic N) is 4. The smallest absolute Gasteiger partial charge is 0.234 e. The molecule has 0 fully saturated rings. The zero-order valence-electron chi connectivity index (χ0n) is 11.1. The summed E-state index contributed by atoms with van der Waals surface area (Å²) in [6.07, 6.45) is 1.67. The van der Waals surface area contributed by atoms with E-state index in [2.05, 4.69) is 30.2 Å². The molecule has 0 saturated heterocycles. The Morgan fingerprint density at radius 2 is 2.24 bits per heavy atom. The van der Waals surface area contributed by atoms with Crippen LogP contribution < -0.4 is 5.32 Å². The molecule has 3 aromatic rings. The van der Waals surface area contributed by atoms with E-state index in [9.17, 15) is 4.79 Å². The van der Waals surface area contributed by atoms with Gasteiger partial charge < -0.3 is 5.32 Å². The molecule has 1 N–H and O–H groups in total. The van der Waals surface area contributed by atoms with Gasteiger partial charge in [0.25, 0.3) is 0 Å². The quantitative estimate of drug-likeness (QED) is 0.582. The van der Waals surface area contributed by atoms with Gasteiger partial charge >= 0.3 is 0 Å². The number of carbonyl (C=O) groups is 1. The number of aromatic nitrogens is 4. The van der Waals surface area contributed by atoms with Gasteiger partial charge in [-0.05, 0) is 35.4 Å². The Balaban J connectivity index is 1.65. The van der Waals surface area contributed by atoms with Crippen molar-refractivity contribution in [1.29, 1.82) is 0 Å². The number of hydrogen-bond acceptors (Lipinski definition) is 7. The van der Waals surface area contributed by atoms with Crippen molar-refractivity contribution in [1.82, 2.24) is 20.3 Å². The van der Waals surface area contributed by atoms with E-state index in [1.165, 1.54) is 11.8 Å². The Morgan fingerprint density at radius 1 is 1.33 bits per heavy atom. The number of nitrogens with one attached hydrogen (secondary N) is 1. The lowest BCUT2D eigenvalue weighted by atomic mass is 10.2. The van der Waals surface area contributed by atoms with E-state index in [1.54, 1.807) is 24.4 Å². The van der Waals surface area contributed by atoms with Gasteiger partial charge in [-0.15, -0.1) is 0 Å². The van der Waals surface area contributed by atoms with Gasteiger partial charge in [0, 0.05) is 11.9 Å². The van der Waals surface area contributed by atoms with E-state index >= 15 is 0 Å². The normalized spacial score (nSPS) is 10.7. The van der Waals surface area contributed by atoms with E-state index in [0.717, 1.165) is 5.69 Å². The lowest BCUT2D eigenvalue weighted by molar-refractivity contribution is -0.113. The maximum absolute atomic E-state index is 12.0. The Morgan fingerprint density at radius 3 is 3.10 bits per heavy atom. The molecule has 2 heterocycles. The first-order valence-corrected chi connectivity index (χ1v) is 7.14. The highest BCUT2D eigenvalue weighted by atomic mass is 32.2. The Kier molecular flexibility index (Phi) is 3.78. The third-order valence-corrected chi connectivity index (χ3v) is 3.53. The summed E-state index contributed by atoms with van der Waals surface area (Å²) in [5.41, 5.74) is 2.57. The van der Waals surface area contributed by atoms with Crippen LogP contribution in [0.5, 0.6) is 0 Å². The fourth-order valence-corrected chi connectivity index (χ4v) is 2.40. The van der Waals surface area contributed by atoms with Crippen LogP contribution >= 0.6 is 11.8 Å². The maximum Gasteiger partial charge on any atom is 0.234 e. The maximum atomic E-state index is 12.0. The van der Waals surface area contributed by atoms with Crippen molar-refractivity contribution in [2.45, 2.75) is 12.1 Å². The van der Waals surface area contributed by atoms with Crippen LogP contribution in [0.1, 0.15) is 5.69 Å². The zero-order valence-corrected chi connectivity index (χ0v) is 11.9. The molecule has 3 rings (SSSR count). The predicted molar refractivity (Wildman–Crippen MR) is 77.9 cm³/mol. The Hall–Kier alpha value is -2.48. The van der Waals surface area contributed by atoms with Crippen LogP contribution in [0.2, 0.25) is 0 Å². The van der Waals surface area contributed by atoms with Gasteiger partial charge in [0.2, 0.25) is 5.91 Å². The molecule has 0 aliphatic heterocycles. The Labute approximate surface area is 124 Å². The lowest BCUT2D eigenvalue weighted by Gasteiger charge is -2.04. The van der Waals surface area contributed by atoms with E-state index in [4.69, 9.17) is 0 Å². The molecule has 1 amide bonds. The van der Waals surface area contributed by atoms with Crippen molar-refractivity contribution in [3.63, 3.8) is 0 Å². The molecule has 2 aromatic heterocycles. The summed E-state index contributed by atoms with van der Waals surface area (Å²) in [5, 5.41) is 10.9. The van der Waals surface area contributed by atoms with Gasteiger partial charge in [-0.25, -0.2) is 14.6 Å². The summed E-state index contributed by atoms with van der Waals surface area (Å²) in [6.45, 7) is 1.88. The van der Waals surface area contributed by atoms with Crippen molar-refractivity contribution in [2.24, 2.45) is 0 Å².